The van der Waals surface area contributed by atoms with Crippen LogP contribution in [0.2, 0.25) is 0 Å². The van der Waals surface area contributed by atoms with Crippen molar-refractivity contribution in [2.45, 2.75) is 26.2 Å². The van der Waals surface area contributed by atoms with E-state index in [9.17, 15) is 18.0 Å². The molecule has 1 amide bonds. The average Bonchev–Trinajstić information content (AvgIpc) is 3.08. The molecule has 3 aromatic rings. The summed E-state index contributed by atoms with van der Waals surface area (Å²) >= 11 is 0. The Morgan fingerprint density at radius 2 is 2.00 bits per heavy atom. The van der Waals surface area contributed by atoms with Crippen LogP contribution in [0.25, 0.3) is 22.1 Å². The summed E-state index contributed by atoms with van der Waals surface area (Å²) in [5.41, 5.74) is 2.75. The van der Waals surface area contributed by atoms with E-state index in [-0.39, 0.29) is 22.8 Å². The van der Waals surface area contributed by atoms with Crippen LogP contribution in [0.1, 0.15) is 36.7 Å². The Balaban J connectivity index is 1.69. The maximum Gasteiger partial charge on any atom is 0.257 e. The van der Waals surface area contributed by atoms with Crippen molar-refractivity contribution >= 4 is 26.9 Å². The molecule has 1 aliphatic rings. The molecule has 0 aliphatic carbocycles. The Kier molecular flexibility index (Phi) is 5.50. The van der Waals surface area contributed by atoms with Crippen molar-refractivity contribution in [3.05, 3.63) is 58.2 Å². The van der Waals surface area contributed by atoms with E-state index in [0.717, 1.165) is 17.4 Å². The molecule has 0 radical (unpaired) electrons. The van der Waals surface area contributed by atoms with Gasteiger partial charge in [-0.05, 0) is 35.2 Å². The van der Waals surface area contributed by atoms with Gasteiger partial charge in [0.2, 0.25) is 10.0 Å². The number of pyridine rings is 1. The number of hydrogen-bond donors (Lipinski definition) is 2. The summed E-state index contributed by atoms with van der Waals surface area (Å²) in [4.78, 5) is 30.0. The Morgan fingerprint density at radius 3 is 2.62 bits per heavy atom. The number of H-pyrrole nitrogens is 1. The van der Waals surface area contributed by atoms with Gasteiger partial charge in [-0.1, -0.05) is 20.8 Å². The summed E-state index contributed by atoms with van der Waals surface area (Å²) in [6.45, 7) is 7.42. The summed E-state index contributed by atoms with van der Waals surface area (Å²) in [6, 6.07) is 7.29. The number of benzene rings is 1. The molecule has 3 heterocycles. The second-order valence-corrected chi connectivity index (χ2v) is 11.2. The fourth-order valence-corrected chi connectivity index (χ4v) is 4.51. The van der Waals surface area contributed by atoms with E-state index < -0.39 is 10.0 Å². The normalized spacial score (nSPS) is 15.2. The molecule has 1 aromatic carbocycles. The van der Waals surface area contributed by atoms with Gasteiger partial charge < -0.3 is 14.3 Å². The van der Waals surface area contributed by atoms with Crippen LogP contribution in [0.3, 0.4) is 0 Å². The van der Waals surface area contributed by atoms with Gasteiger partial charge in [0.05, 0.1) is 11.8 Å². The topological polar surface area (TPSA) is 112 Å². The number of rotatable bonds is 5. The van der Waals surface area contributed by atoms with E-state index in [1.807, 2.05) is 12.1 Å². The Hall–Kier alpha value is -2.91. The first-order chi connectivity index (χ1) is 14.9. The summed E-state index contributed by atoms with van der Waals surface area (Å²) in [5.74, 6) is -0.0891. The van der Waals surface area contributed by atoms with Crippen molar-refractivity contribution in [2.75, 3.05) is 25.9 Å². The van der Waals surface area contributed by atoms with E-state index in [0.29, 0.717) is 41.7 Å². The summed E-state index contributed by atoms with van der Waals surface area (Å²) in [5, 5.41) is 0.665. The number of amides is 1. The Labute approximate surface area is 186 Å². The summed E-state index contributed by atoms with van der Waals surface area (Å²) < 4.78 is 30.9. The molecular weight excluding hydrogens is 430 g/mol. The number of carbonyl (C=O) groups excluding carboxylic acids is 1. The second kappa shape index (κ2) is 7.90. The fraction of sp³-hybridized carbons (Fsp3) is 0.391. The molecule has 0 atom stereocenters. The molecule has 4 rings (SSSR count). The van der Waals surface area contributed by atoms with Crippen LogP contribution in [0, 0.1) is 5.92 Å². The number of likely N-dealkylation sites (tertiary alicyclic amines) is 1. The maximum absolute atomic E-state index is 13.2. The number of aromatic nitrogens is 1. The van der Waals surface area contributed by atoms with Gasteiger partial charge >= 0.3 is 0 Å². The Bertz CT molecular complexity index is 1340. The quantitative estimate of drug-likeness (QED) is 0.612. The predicted octanol–water partition coefficient (Wildman–Crippen LogP) is 2.71. The monoisotopic (exact) mass is 457 g/mol. The van der Waals surface area contributed by atoms with Crippen LogP contribution in [0.4, 0.5) is 0 Å². The lowest BCUT2D eigenvalue weighted by Gasteiger charge is -2.39. The van der Waals surface area contributed by atoms with E-state index >= 15 is 0 Å². The second-order valence-electron chi connectivity index (χ2n) is 9.41. The SMILES string of the molecule is CC(C)(C)c1cc(-c2ccc[nH]c2=O)cc2c(C(=O)N3CC(CNS(C)(=O)=O)C3)coc12. The number of aromatic amines is 1. The highest BCUT2D eigenvalue weighted by Crippen LogP contribution is 2.37. The lowest BCUT2D eigenvalue weighted by molar-refractivity contribution is 0.0511. The van der Waals surface area contributed by atoms with Gasteiger partial charge in [-0.25, -0.2) is 13.1 Å². The van der Waals surface area contributed by atoms with Gasteiger partial charge in [-0.3, -0.25) is 9.59 Å². The molecular formula is C23H27N3O5S. The molecule has 0 spiro atoms. The lowest BCUT2D eigenvalue weighted by Crippen LogP contribution is -2.53. The van der Waals surface area contributed by atoms with E-state index in [2.05, 4.69) is 30.5 Å². The average molecular weight is 458 g/mol. The van der Waals surface area contributed by atoms with E-state index in [1.165, 1.54) is 6.26 Å². The minimum absolute atomic E-state index is 0.0791. The van der Waals surface area contributed by atoms with Gasteiger partial charge in [0.1, 0.15) is 11.8 Å². The van der Waals surface area contributed by atoms with Gasteiger partial charge in [0.25, 0.3) is 11.5 Å². The smallest absolute Gasteiger partial charge is 0.257 e. The number of furan rings is 1. The maximum atomic E-state index is 13.2. The van der Waals surface area contributed by atoms with Crippen molar-refractivity contribution in [1.29, 1.82) is 0 Å². The third-order valence-corrected chi connectivity index (χ3v) is 6.41. The van der Waals surface area contributed by atoms with Crippen molar-refractivity contribution in [1.82, 2.24) is 14.6 Å². The first-order valence-corrected chi connectivity index (χ1v) is 12.3. The van der Waals surface area contributed by atoms with Crippen LogP contribution >= 0.6 is 0 Å². The van der Waals surface area contributed by atoms with E-state index in [1.54, 1.807) is 23.2 Å². The lowest BCUT2D eigenvalue weighted by atomic mass is 9.84. The van der Waals surface area contributed by atoms with Crippen molar-refractivity contribution in [3.8, 4) is 11.1 Å². The first kappa shape index (κ1) is 22.3. The van der Waals surface area contributed by atoms with Crippen LogP contribution in [0.5, 0.6) is 0 Å². The number of carbonyl (C=O) groups is 1. The minimum atomic E-state index is -3.26. The molecule has 2 N–H and O–H groups in total. The fourth-order valence-electron chi connectivity index (χ4n) is 3.97. The highest BCUT2D eigenvalue weighted by molar-refractivity contribution is 7.88. The van der Waals surface area contributed by atoms with Gasteiger partial charge in [-0.15, -0.1) is 0 Å². The zero-order valence-corrected chi connectivity index (χ0v) is 19.4. The third kappa shape index (κ3) is 4.35. The summed E-state index contributed by atoms with van der Waals surface area (Å²) in [6.07, 6.45) is 4.18. The van der Waals surface area contributed by atoms with Crippen molar-refractivity contribution < 1.29 is 17.6 Å². The molecule has 1 fully saturated rings. The molecule has 9 heteroatoms. The molecule has 8 nitrogen and oxygen atoms in total. The standard InChI is InChI=1S/C23H27N3O5S/c1-23(2,3)19-9-15(16-6-5-7-24-21(16)27)8-17-18(13-31-20(17)19)22(28)26-11-14(12-26)10-25-32(4,29)30/h5-9,13-14,25H,10-12H2,1-4H3,(H,24,27). The number of sulfonamides is 1. The highest BCUT2D eigenvalue weighted by atomic mass is 32.2. The van der Waals surface area contributed by atoms with Crippen LogP contribution < -0.4 is 10.3 Å². The van der Waals surface area contributed by atoms with Crippen LogP contribution in [0.15, 0.2) is 45.9 Å². The van der Waals surface area contributed by atoms with Crippen LogP contribution in [-0.2, 0) is 15.4 Å². The molecule has 2 aromatic heterocycles. The minimum Gasteiger partial charge on any atom is -0.463 e. The third-order valence-electron chi connectivity index (χ3n) is 5.72. The molecule has 1 saturated heterocycles. The summed E-state index contributed by atoms with van der Waals surface area (Å²) in [7, 11) is -3.26. The van der Waals surface area contributed by atoms with Gasteiger partial charge in [0, 0.05) is 48.3 Å². The number of hydrogen-bond acceptors (Lipinski definition) is 5. The largest absolute Gasteiger partial charge is 0.463 e. The van der Waals surface area contributed by atoms with Crippen molar-refractivity contribution in [2.24, 2.45) is 5.92 Å². The van der Waals surface area contributed by atoms with Gasteiger partial charge in [0.15, 0.2) is 0 Å². The van der Waals surface area contributed by atoms with E-state index in [4.69, 9.17) is 4.42 Å². The molecule has 170 valence electrons. The highest BCUT2D eigenvalue weighted by Gasteiger charge is 2.34. The zero-order valence-electron chi connectivity index (χ0n) is 18.6. The molecule has 0 unspecified atom stereocenters. The van der Waals surface area contributed by atoms with Crippen LogP contribution in [-0.4, -0.2) is 50.1 Å². The number of nitrogens with one attached hydrogen (secondary N) is 2. The number of fused-ring (bicyclic) bond motifs is 1. The molecule has 0 bridgehead atoms. The van der Waals surface area contributed by atoms with Crippen molar-refractivity contribution in [3.63, 3.8) is 0 Å². The first-order valence-electron chi connectivity index (χ1n) is 10.4. The molecule has 0 saturated carbocycles. The molecule has 32 heavy (non-hydrogen) atoms. The predicted molar refractivity (Wildman–Crippen MR) is 123 cm³/mol. The van der Waals surface area contributed by atoms with Gasteiger partial charge in [-0.2, -0.15) is 0 Å². The zero-order chi connectivity index (χ0) is 23.3. The number of nitrogens with zero attached hydrogens (tertiary/aromatic N) is 1. The Morgan fingerprint density at radius 1 is 1.28 bits per heavy atom. The molecule has 1 aliphatic heterocycles.